The third-order valence-corrected chi connectivity index (χ3v) is 3.04. The summed E-state index contributed by atoms with van der Waals surface area (Å²) in [6.07, 6.45) is 9.05. The summed E-state index contributed by atoms with van der Waals surface area (Å²) in [6.45, 7) is 10.2. The van der Waals surface area contributed by atoms with E-state index in [2.05, 4.69) is 19.2 Å². The quantitative estimate of drug-likeness (QED) is 0.453. The van der Waals surface area contributed by atoms with Gasteiger partial charge >= 0.3 is 0 Å². The first kappa shape index (κ1) is 31.1. The Morgan fingerprint density at radius 1 is 1.21 bits per heavy atom. The van der Waals surface area contributed by atoms with Gasteiger partial charge in [-0.05, 0) is 30.9 Å². The van der Waals surface area contributed by atoms with Crippen LogP contribution in [0, 0.1) is 0 Å². The van der Waals surface area contributed by atoms with E-state index in [1.165, 1.54) is 12.0 Å². The fourth-order valence-electron chi connectivity index (χ4n) is 1.95. The summed E-state index contributed by atoms with van der Waals surface area (Å²) in [5.74, 6) is -0.534. The van der Waals surface area contributed by atoms with Crippen LogP contribution >= 0.6 is 0 Å². The molecule has 1 atom stereocenters. The molecule has 6 heteroatoms. The van der Waals surface area contributed by atoms with Gasteiger partial charge < -0.3 is 25.7 Å². The number of nitrogens with one attached hydrogen (secondary N) is 1. The van der Waals surface area contributed by atoms with Crippen molar-refractivity contribution in [3.8, 4) is 0 Å². The number of carbonyl (C=O) groups excluding carboxylic acids is 3. The van der Waals surface area contributed by atoms with Gasteiger partial charge in [0.05, 0.1) is 6.04 Å². The molecule has 0 heterocycles. The number of aliphatic hydroxyl groups excluding tert-OH is 1. The van der Waals surface area contributed by atoms with Gasteiger partial charge in [0.1, 0.15) is 19.7 Å². The number of hydrogen-bond donors (Lipinski definition) is 3. The van der Waals surface area contributed by atoms with E-state index in [0.29, 0.717) is 19.3 Å². The van der Waals surface area contributed by atoms with E-state index in [4.69, 9.17) is 15.6 Å². The van der Waals surface area contributed by atoms with Gasteiger partial charge in [0.15, 0.2) is 0 Å². The van der Waals surface area contributed by atoms with Gasteiger partial charge in [0.25, 0.3) is 0 Å². The molecule has 0 aliphatic carbocycles. The van der Waals surface area contributed by atoms with E-state index in [9.17, 15) is 9.59 Å². The Labute approximate surface area is 175 Å². The number of nitrogens with two attached hydrogens (primary N) is 1. The highest BCUT2D eigenvalue weighted by Crippen LogP contribution is 2.08. The fraction of sp³-hybridized carbons (Fsp3) is 0.435. The van der Waals surface area contributed by atoms with Crippen molar-refractivity contribution in [3.63, 3.8) is 0 Å². The number of allylic oxidation sites excluding steroid dienone is 3. The third kappa shape index (κ3) is 21.6. The minimum Gasteiger partial charge on any atom is -0.387 e. The van der Waals surface area contributed by atoms with Crippen molar-refractivity contribution in [2.75, 3.05) is 6.61 Å². The average molecular weight is 407 g/mol. The van der Waals surface area contributed by atoms with Gasteiger partial charge in [-0.25, -0.2) is 0 Å². The maximum absolute atomic E-state index is 10.9. The summed E-state index contributed by atoms with van der Waals surface area (Å²) < 4.78 is 0. The van der Waals surface area contributed by atoms with E-state index >= 15 is 0 Å². The molecule has 1 aromatic carbocycles. The molecule has 0 radical (unpaired) electrons. The Morgan fingerprint density at radius 3 is 2.10 bits per heavy atom. The number of aldehydes is 1. The molecule has 1 amide bonds. The number of carbonyl (C=O) groups is 3. The van der Waals surface area contributed by atoms with Crippen LogP contribution < -0.4 is 11.1 Å². The van der Waals surface area contributed by atoms with Crippen LogP contribution in [0.4, 0.5) is 0 Å². The van der Waals surface area contributed by atoms with E-state index in [0.717, 1.165) is 12.0 Å². The van der Waals surface area contributed by atoms with Gasteiger partial charge in [-0.3, -0.25) is 4.79 Å². The van der Waals surface area contributed by atoms with Crippen molar-refractivity contribution in [2.24, 2.45) is 5.73 Å². The number of rotatable bonds is 8. The Morgan fingerprint density at radius 2 is 1.76 bits per heavy atom. The zero-order chi connectivity index (χ0) is 22.9. The van der Waals surface area contributed by atoms with Gasteiger partial charge in [-0.2, -0.15) is 0 Å². The minimum absolute atomic E-state index is 0.452. The summed E-state index contributed by atoms with van der Waals surface area (Å²) in [4.78, 5) is 29.7. The molecule has 1 aromatic rings. The molecular weight excluding hydrogens is 368 g/mol. The second kappa shape index (κ2) is 25.4. The molecule has 0 bridgehead atoms. The normalized spacial score (nSPS) is 10.9. The first-order valence-corrected chi connectivity index (χ1v) is 9.72. The Hall–Kier alpha value is -2.57. The van der Waals surface area contributed by atoms with E-state index < -0.39 is 18.6 Å². The van der Waals surface area contributed by atoms with Crippen LogP contribution in [0.15, 0.2) is 54.1 Å². The molecule has 0 aliphatic heterocycles. The molecule has 0 aliphatic rings. The second-order valence-electron chi connectivity index (χ2n) is 5.76. The van der Waals surface area contributed by atoms with E-state index in [-0.39, 0.29) is 0 Å². The Kier molecular flexibility index (Phi) is 27.3. The predicted molar refractivity (Wildman–Crippen MR) is 120 cm³/mol. The lowest BCUT2D eigenvalue weighted by molar-refractivity contribution is -0.126. The summed E-state index contributed by atoms with van der Waals surface area (Å²) in [5.41, 5.74) is 7.54. The van der Waals surface area contributed by atoms with E-state index in [1.54, 1.807) is 0 Å². The van der Waals surface area contributed by atoms with E-state index in [1.807, 2.05) is 69.2 Å². The van der Waals surface area contributed by atoms with Crippen LogP contribution in [0.3, 0.4) is 0 Å². The molecular formula is C23H38N2O4. The maximum Gasteiger partial charge on any atom is 0.246 e. The number of hydrogen-bond acceptors (Lipinski definition) is 5. The lowest BCUT2D eigenvalue weighted by Crippen LogP contribution is -2.37. The molecule has 164 valence electrons. The number of benzene rings is 1. The van der Waals surface area contributed by atoms with Crippen LogP contribution in [0.1, 0.15) is 52.5 Å². The van der Waals surface area contributed by atoms with Crippen LogP contribution in [0.2, 0.25) is 0 Å². The number of aliphatic hydroxyl groups is 1. The van der Waals surface area contributed by atoms with Crippen molar-refractivity contribution in [1.29, 1.82) is 0 Å². The zero-order valence-electron chi connectivity index (χ0n) is 18.3. The van der Waals surface area contributed by atoms with Crippen LogP contribution in [0.25, 0.3) is 0 Å². The van der Waals surface area contributed by atoms with Crippen molar-refractivity contribution < 1.29 is 19.5 Å². The Bertz CT molecular complexity index is 557. The van der Waals surface area contributed by atoms with Crippen molar-refractivity contribution in [3.05, 3.63) is 59.7 Å². The van der Waals surface area contributed by atoms with Crippen LogP contribution in [-0.2, 0) is 20.9 Å². The molecule has 0 aromatic heterocycles. The topological polar surface area (TPSA) is 109 Å². The van der Waals surface area contributed by atoms with Crippen molar-refractivity contribution in [1.82, 2.24) is 5.32 Å². The first-order valence-electron chi connectivity index (χ1n) is 9.72. The second-order valence-corrected chi connectivity index (χ2v) is 5.76. The van der Waals surface area contributed by atoms with Crippen LogP contribution in [0.5, 0.6) is 0 Å². The summed E-state index contributed by atoms with van der Waals surface area (Å²) in [7, 11) is 0. The maximum atomic E-state index is 10.9. The van der Waals surface area contributed by atoms with Gasteiger partial charge in [0, 0.05) is 6.54 Å². The lowest BCUT2D eigenvalue weighted by Gasteiger charge is -2.12. The zero-order valence-corrected chi connectivity index (χ0v) is 18.3. The highest BCUT2D eigenvalue weighted by atomic mass is 16.3. The largest absolute Gasteiger partial charge is 0.387 e. The highest BCUT2D eigenvalue weighted by Gasteiger charge is 2.11. The highest BCUT2D eigenvalue weighted by molar-refractivity contribution is 5.80. The lowest BCUT2D eigenvalue weighted by atomic mass is 10.1. The molecule has 0 saturated carbocycles. The molecule has 0 fully saturated rings. The molecule has 6 nitrogen and oxygen atoms in total. The summed E-state index contributed by atoms with van der Waals surface area (Å²) >= 11 is 0. The van der Waals surface area contributed by atoms with Gasteiger partial charge in [0.2, 0.25) is 5.91 Å². The van der Waals surface area contributed by atoms with Crippen molar-refractivity contribution >= 4 is 19.0 Å². The number of amides is 1. The molecule has 0 saturated heterocycles. The molecule has 1 rings (SSSR count). The predicted octanol–water partition coefficient (Wildman–Crippen LogP) is 3.34. The molecule has 4 N–H and O–H groups in total. The average Bonchev–Trinajstić information content (AvgIpc) is 2.76. The monoisotopic (exact) mass is 406 g/mol. The fourth-order valence-corrected chi connectivity index (χ4v) is 1.95. The molecule has 1 unspecified atom stereocenters. The van der Waals surface area contributed by atoms with Crippen molar-refractivity contribution in [2.45, 2.75) is 59.5 Å². The SMILES string of the molecule is C/C=C\C(=C/CC)CC(C=O)NC(=O)CO.C=O.CCC.NCc1ccccc1. The van der Waals surface area contributed by atoms with Gasteiger partial charge in [-0.1, -0.05) is 75.8 Å². The minimum atomic E-state index is -0.596. The van der Waals surface area contributed by atoms with Gasteiger partial charge in [-0.15, -0.1) is 0 Å². The van der Waals surface area contributed by atoms with Crippen LogP contribution in [-0.4, -0.2) is 36.7 Å². The Balaban J connectivity index is -0.000000429. The summed E-state index contributed by atoms with van der Waals surface area (Å²) in [6, 6.07) is 9.41. The summed E-state index contributed by atoms with van der Waals surface area (Å²) in [5, 5.41) is 11.0. The molecule has 0 spiro atoms. The third-order valence-electron chi connectivity index (χ3n) is 3.04. The first-order chi connectivity index (χ1) is 14.0. The molecule has 29 heavy (non-hydrogen) atoms. The smallest absolute Gasteiger partial charge is 0.246 e. The standard InChI is InChI=1S/C12H19NO3.C7H9N.C3H8.CH2O/c1-3-5-10(6-4-2)7-11(8-14)13-12(16)9-15;8-6-7-4-2-1-3-5-7;1-3-2;1-2/h3,5-6,8,11,15H,4,7,9H2,1-2H3,(H,13,16);1-5H,6,8H2;3H2,1-2H3;1H2/b5-3-,10-6+;;;.